The molecule has 0 unspecified atom stereocenters. The van der Waals surface area contributed by atoms with Gasteiger partial charge in [-0.15, -0.1) is 6.58 Å². The number of nitrogens with zero attached hydrogens (tertiary/aromatic N) is 1. The van der Waals surface area contributed by atoms with Crippen LogP contribution < -0.4 is 0 Å². The topological polar surface area (TPSA) is 46.6 Å². The standard InChI is InChI=1S/C17H21NO3/c1-11(2)10-12(3)16(19)18-13(4)15(21-17(18)20)14-8-6-5-7-9-14/h5-9,12-13,15H,1,10H2,2-4H3/t12-,13+,15+/m1/s1. The molecule has 0 aromatic heterocycles. The van der Waals surface area contributed by atoms with Crippen molar-refractivity contribution in [3.05, 3.63) is 48.0 Å². The van der Waals surface area contributed by atoms with E-state index >= 15 is 0 Å². The maximum absolute atomic E-state index is 12.5. The molecule has 0 saturated carbocycles. The summed E-state index contributed by atoms with van der Waals surface area (Å²) in [4.78, 5) is 25.8. The third kappa shape index (κ3) is 3.15. The SMILES string of the molecule is C=C(C)C[C@@H](C)C(=O)N1C(=O)O[C@H](c2ccccc2)[C@@H]1C. The van der Waals surface area contributed by atoms with E-state index in [1.54, 1.807) is 0 Å². The molecule has 112 valence electrons. The molecule has 0 N–H and O–H groups in total. The van der Waals surface area contributed by atoms with E-state index < -0.39 is 12.2 Å². The lowest BCUT2D eigenvalue weighted by atomic mass is 9.99. The fourth-order valence-electron chi connectivity index (χ4n) is 2.69. The zero-order valence-electron chi connectivity index (χ0n) is 12.7. The van der Waals surface area contributed by atoms with Gasteiger partial charge in [-0.25, -0.2) is 9.69 Å². The molecular formula is C17H21NO3. The van der Waals surface area contributed by atoms with E-state index in [2.05, 4.69) is 6.58 Å². The number of rotatable bonds is 4. The summed E-state index contributed by atoms with van der Waals surface area (Å²) >= 11 is 0. The van der Waals surface area contributed by atoms with Crippen molar-refractivity contribution in [3.8, 4) is 0 Å². The van der Waals surface area contributed by atoms with Gasteiger partial charge >= 0.3 is 6.09 Å². The van der Waals surface area contributed by atoms with E-state index in [0.717, 1.165) is 11.1 Å². The van der Waals surface area contributed by atoms with Crippen molar-refractivity contribution in [2.75, 3.05) is 0 Å². The molecule has 1 aromatic rings. The largest absolute Gasteiger partial charge is 0.439 e. The minimum absolute atomic E-state index is 0.200. The third-order valence-electron chi connectivity index (χ3n) is 3.71. The molecule has 21 heavy (non-hydrogen) atoms. The van der Waals surface area contributed by atoms with Gasteiger partial charge in [0.05, 0.1) is 6.04 Å². The molecule has 2 rings (SSSR count). The number of hydrogen-bond acceptors (Lipinski definition) is 3. The summed E-state index contributed by atoms with van der Waals surface area (Å²) in [6.07, 6.45) is -0.389. The van der Waals surface area contributed by atoms with Gasteiger partial charge in [-0.1, -0.05) is 42.8 Å². The van der Waals surface area contributed by atoms with E-state index in [1.165, 1.54) is 4.90 Å². The summed E-state index contributed by atoms with van der Waals surface area (Å²) in [6, 6.07) is 9.19. The maximum atomic E-state index is 12.5. The number of carbonyl (C=O) groups is 2. The smallest absolute Gasteiger partial charge is 0.417 e. The Bertz CT molecular complexity index is 552. The maximum Gasteiger partial charge on any atom is 0.417 e. The van der Waals surface area contributed by atoms with Gasteiger partial charge in [-0.2, -0.15) is 0 Å². The molecule has 0 spiro atoms. The van der Waals surface area contributed by atoms with E-state index in [4.69, 9.17) is 4.74 Å². The van der Waals surface area contributed by atoms with Crippen LogP contribution in [0.1, 0.15) is 38.9 Å². The van der Waals surface area contributed by atoms with Crippen molar-refractivity contribution >= 4 is 12.0 Å². The molecular weight excluding hydrogens is 266 g/mol. The minimum atomic E-state index is -0.560. The highest BCUT2D eigenvalue weighted by atomic mass is 16.6. The number of amides is 2. The van der Waals surface area contributed by atoms with Crippen LogP contribution in [-0.4, -0.2) is 22.9 Å². The lowest BCUT2D eigenvalue weighted by Crippen LogP contribution is -2.41. The number of carbonyl (C=O) groups excluding carboxylic acids is 2. The van der Waals surface area contributed by atoms with E-state index in [1.807, 2.05) is 51.1 Å². The van der Waals surface area contributed by atoms with Crippen LogP contribution in [0.15, 0.2) is 42.5 Å². The Morgan fingerprint density at radius 3 is 2.57 bits per heavy atom. The number of allylic oxidation sites excluding steroid dienone is 1. The molecule has 1 fully saturated rings. The molecule has 2 amide bonds. The zero-order chi connectivity index (χ0) is 15.6. The lowest BCUT2D eigenvalue weighted by molar-refractivity contribution is -0.132. The molecule has 0 bridgehead atoms. The predicted octanol–water partition coefficient (Wildman–Crippen LogP) is 3.70. The summed E-state index contributed by atoms with van der Waals surface area (Å²) in [6.45, 7) is 9.35. The van der Waals surface area contributed by atoms with Gasteiger partial charge in [-0.3, -0.25) is 4.79 Å². The molecule has 1 aromatic carbocycles. The van der Waals surface area contributed by atoms with Crippen LogP contribution in [0, 0.1) is 5.92 Å². The fraction of sp³-hybridized carbons (Fsp3) is 0.412. The highest BCUT2D eigenvalue weighted by Gasteiger charge is 2.44. The monoisotopic (exact) mass is 287 g/mol. The van der Waals surface area contributed by atoms with Crippen LogP contribution in [0.25, 0.3) is 0 Å². The number of imide groups is 1. The molecule has 1 heterocycles. The van der Waals surface area contributed by atoms with Crippen LogP contribution in [-0.2, 0) is 9.53 Å². The number of hydrogen-bond donors (Lipinski definition) is 0. The second kappa shape index (κ2) is 6.12. The average Bonchev–Trinajstić information content (AvgIpc) is 2.73. The summed E-state index contributed by atoms with van der Waals surface area (Å²) in [7, 11) is 0. The first-order valence-corrected chi connectivity index (χ1v) is 7.14. The predicted molar refractivity (Wildman–Crippen MR) is 80.6 cm³/mol. The Balaban J connectivity index is 2.17. The van der Waals surface area contributed by atoms with Crippen LogP contribution in [0.4, 0.5) is 4.79 Å². The summed E-state index contributed by atoms with van der Waals surface area (Å²) in [5, 5.41) is 0. The molecule has 4 nitrogen and oxygen atoms in total. The normalized spacial score (nSPS) is 22.8. The summed E-state index contributed by atoms with van der Waals surface area (Å²) in [5.41, 5.74) is 1.83. The van der Waals surface area contributed by atoms with Crippen molar-refractivity contribution in [1.29, 1.82) is 0 Å². The van der Waals surface area contributed by atoms with Crippen molar-refractivity contribution in [2.45, 2.75) is 39.3 Å². The van der Waals surface area contributed by atoms with Crippen molar-refractivity contribution in [3.63, 3.8) is 0 Å². The van der Waals surface area contributed by atoms with Crippen molar-refractivity contribution in [1.82, 2.24) is 4.90 Å². The second-order valence-corrected chi connectivity index (χ2v) is 5.73. The first-order valence-electron chi connectivity index (χ1n) is 7.14. The Labute approximate surface area is 125 Å². The molecule has 1 aliphatic heterocycles. The number of benzene rings is 1. The van der Waals surface area contributed by atoms with Crippen LogP contribution in [0.2, 0.25) is 0 Å². The molecule has 0 aliphatic carbocycles. The average molecular weight is 287 g/mol. The number of ether oxygens (including phenoxy) is 1. The minimum Gasteiger partial charge on any atom is -0.439 e. The molecule has 1 saturated heterocycles. The first-order chi connectivity index (χ1) is 9.91. The van der Waals surface area contributed by atoms with Crippen LogP contribution in [0.5, 0.6) is 0 Å². The third-order valence-corrected chi connectivity index (χ3v) is 3.71. The Kier molecular flexibility index (Phi) is 4.46. The first kappa shape index (κ1) is 15.3. The van der Waals surface area contributed by atoms with Gasteiger partial charge in [0.2, 0.25) is 5.91 Å². The molecule has 0 radical (unpaired) electrons. The zero-order valence-corrected chi connectivity index (χ0v) is 12.7. The Morgan fingerprint density at radius 1 is 1.38 bits per heavy atom. The Morgan fingerprint density at radius 2 is 2.00 bits per heavy atom. The van der Waals surface area contributed by atoms with Crippen LogP contribution >= 0.6 is 0 Å². The van der Waals surface area contributed by atoms with Gasteiger partial charge in [0, 0.05) is 5.92 Å². The fourth-order valence-corrected chi connectivity index (χ4v) is 2.69. The van der Waals surface area contributed by atoms with E-state index in [9.17, 15) is 9.59 Å². The lowest BCUT2D eigenvalue weighted by Gasteiger charge is -2.22. The van der Waals surface area contributed by atoms with Crippen molar-refractivity contribution in [2.24, 2.45) is 5.92 Å². The quantitative estimate of drug-likeness (QED) is 0.793. The van der Waals surface area contributed by atoms with Crippen molar-refractivity contribution < 1.29 is 14.3 Å². The Hall–Kier alpha value is -2.10. The molecule has 4 heteroatoms. The van der Waals surface area contributed by atoms with Crippen LogP contribution in [0.3, 0.4) is 0 Å². The second-order valence-electron chi connectivity index (χ2n) is 5.73. The molecule has 3 atom stereocenters. The molecule has 1 aliphatic rings. The van der Waals surface area contributed by atoms with Gasteiger partial charge in [0.15, 0.2) is 0 Å². The van der Waals surface area contributed by atoms with E-state index in [-0.39, 0.29) is 17.9 Å². The van der Waals surface area contributed by atoms with Gasteiger partial charge in [0.1, 0.15) is 6.10 Å². The highest BCUT2D eigenvalue weighted by molar-refractivity contribution is 5.95. The van der Waals surface area contributed by atoms with Gasteiger partial charge < -0.3 is 4.74 Å². The highest BCUT2D eigenvalue weighted by Crippen LogP contribution is 2.33. The summed E-state index contributed by atoms with van der Waals surface area (Å²) in [5.74, 6) is -0.471. The summed E-state index contributed by atoms with van der Waals surface area (Å²) < 4.78 is 5.39. The van der Waals surface area contributed by atoms with Gasteiger partial charge in [-0.05, 0) is 25.8 Å². The van der Waals surface area contributed by atoms with Gasteiger partial charge in [0.25, 0.3) is 0 Å². The van der Waals surface area contributed by atoms with E-state index in [0.29, 0.717) is 6.42 Å². The number of cyclic esters (lactones) is 1.